The Morgan fingerprint density at radius 3 is 2.71 bits per heavy atom. The third-order valence-corrected chi connectivity index (χ3v) is 5.29. The largest absolute Gasteiger partial charge is 0.332 e. The highest BCUT2D eigenvalue weighted by molar-refractivity contribution is 5.77. The number of hydrogen-bond donors (Lipinski definition) is 1. The van der Waals surface area contributed by atoms with Gasteiger partial charge in [-0.2, -0.15) is 5.10 Å². The van der Waals surface area contributed by atoms with Crippen LogP contribution in [-0.4, -0.2) is 39.0 Å². The van der Waals surface area contributed by atoms with Crippen molar-refractivity contribution in [1.82, 2.24) is 20.0 Å². The Bertz CT molecular complexity index is 668. The average molecular weight is 324 g/mol. The predicted octanol–water partition coefficient (Wildman–Crippen LogP) is 2.55. The molecule has 1 fully saturated rings. The summed E-state index contributed by atoms with van der Waals surface area (Å²) in [5, 5.41) is 7.01. The van der Waals surface area contributed by atoms with E-state index in [1.165, 1.54) is 11.1 Å². The molecule has 1 saturated heterocycles. The SMILES string of the molecule is O=C(CC1CCN(Cc2ccccc2)CC1)N1Cc2cn[nH]c2C1. The van der Waals surface area contributed by atoms with Crippen molar-refractivity contribution in [2.24, 2.45) is 5.92 Å². The molecule has 2 aromatic rings. The molecular weight excluding hydrogens is 300 g/mol. The monoisotopic (exact) mass is 324 g/mol. The Labute approximate surface area is 142 Å². The summed E-state index contributed by atoms with van der Waals surface area (Å²) >= 11 is 0. The van der Waals surface area contributed by atoms with Crippen molar-refractivity contribution < 1.29 is 4.79 Å². The number of hydrogen-bond acceptors (Lipinski definition) is 3. The second kappa shape index (κ2) is 6.77. The van der Waals surface area contributed by atoms with E-state index in [2.05, 4.69) is 45.4 Å². The number of benzene rings is 1. The van der Waals surface area contributed by atoms with Gasteiger partial charge in [0.2, 0.25) is 5.91 Å². The van der Waals surface area contributed by atoms with E-state index in [-0.39, 0.29) is 0 Å². The minimum Gasteiger partial charge on any atom is -0.332 e. The first-order valence-corrected chi connectivity index (χ1v) is 8.83. The van der Waals surface area contributed by atoms with Crippen molar-refractivity contribution >= 4 is 5.91 Å². The van der Waals surface area contributed by atoms with E-state index in [1.807, 2.05) is 11.1 Å². The third kappa shape index (κ3) is 3.36. The maximum absolute atomic E-state index is 12.5. The van der Waals surface area contributed by atoms with E-state index < -0.39 is 0 Å². The first-order chi connectivity index (χ1) is 11.8. The molecule has 0 saturated carbocycles. The standard InChI is InChI=1S/C19H24N4O/c24-19(23-13-17-11-20-21-18(17)14-23)10-15-6-8-22(9-7-15)12-16-4-2-1-3-5-16/h1-5,11,15H,6-10,12-14H2,(H,20,21). The normalized spacial score (nSPS) is 18.8. The zero-order chi connectivity index (χ0) is 16.4. The van der Waals surface area contributed by atoms with Gasteiger partial charge in [-0.1, -0.05) is 30.3 Å². The summed E-state index contributed by atoms with van der Waals surface area (Å²) in [5.74, 6) is 0.822. The van der Waals surface area contributed by atoms with Gasteiger partial charge >= 0.3 is 0 Å². The number of fused-ring (bicyclic) bond motifs is 1. The maximum Gasteiger partial charge on any atom is 0.223 e. The van der Waals surface area contributed by atoms with Crippen molar-refractivity contribution in [2.45, 2.75) is 38.9 Å². The third-order valence-electron chi connectivity index (χ3n) is 5.29. The Balaban J connectivity index is 1.23. The van der Waals surface area contributed by atoms with Crippen LogP contribution < -0.4 is 0 Å². The molecule has 5 heteroatoms. The fraction of sp³-hybridized carbons (Fsp3) is 0.474. The lowest BCUT2D eigenvalue weighted by Gasteiger charge is -2.32. The first-order valence-electron chi connectivity index (χ1n) is 8.83. The Morgan fingerprint density at radius 2 is 1.96 bits per heavy atom. The van der Waals surface area contributed by atoms with Crippen molar-refractivity contribution in [3.8, 4) is 0 Å². The molecule has 0 atom stereocenters. The molecule has 4 rings (SSSR count). The van der Waals surface area contributed by atoms with Gasteiger partial charge in [-0.3, -0.25) is 14.8 Å². The van der Waals surface area contributed by atoms with Gasteiger partial charge in [-0.15, -0.1) is 0 Å². The van der Waals surface area contributed by atoms with Crippen LogP contribution >= 0.6 is 0 Å². The average Bonchev–Trinajstić information content (AvgIpc) is 3.19. The maximum atomic E-state index is 12.5. The van der Waals surface area contributed by atoms with E-state index in [0.717, 1.165) is 44.7 Å². The number of nitrogens with zero attached hydrogens (tertiary/aromatic N) is 3. The zero-order valence-corrected chi connectivity index (χ0v) is 13.9. The minimum absolute atomic E-state index is 0.293. The van der Waals surface area contributed by atoms with E-state index in [0.29, 0.717) is 24.8 Å². The number of carbonyl (C=O) groups excluding carboxylic acids is 1. The lowest BCUT2D eigenvalue weighted by atomic mass is 9.92. The summed E-state index contributed by atoms with van der Waals surface area (Å²) in [6.45, 7) is 4.62. The number of nitrogens with one attached hydrogen (secondary N) is 1. The molecule has 0 spiro atoms. The number of aromatic nitrogens is 2. The number of aromatic amines is 1. The Hall–Kier alpha value is -2.14. The number of amides is 1. The van der Waals surface area contributed by atoms with Gasteiger partial charge in [0.05, 0.1) is 18.4 Å². The van der Waals surface area contributed by atoms with Crippen LogP contribution in [0.4, 0.5) is 0 Å². The summed E-state index contributed by atoms with van der Waals surface area (Å²) in [4.78, 5) is 17.0. The fourth-order valence-electron chi connectivity index (χ4n) is 3.81. The van der Waals surface area contributed by atoms with Crippen LogP contribution in [0.1, 0.15) is 36.1 Å². The Kier molecular flexibility index (Phi) is 4.34. The van der Waals surface area contributed by atoms with Gasteiger partial charge in [0.15, 0.2) is 0 Å². The van der Waals surface area contributed by atoms with Crippen molar-refractivity contribution in [3.63, 3.8) is 0 Å². The molecule has 5 nitrogen and oxygen atoms in total. The van der Waals surface area contributed by atoms with E-state index >= 15 is 0 Å². The summed E-state index contributed by atoms with van der Waals surface area (Å²) < 4.78 is 0. The highest BCUT2D eigenvalue weighted by atomic mass is 16.2. The highest BCUT2D eigenvalue weighted by Gasteiger charge is 2.28. The molecule has 1 amide bonds. The number of carbonyl (C=O) groups is 1. The smallest absolute Gasteiger partial charge is 0.223 e. The summed E-state index contributed by atoms with van der Waals surface area (Å²) in [7, 11) is 0. The molecule has 24 heavy (non-hydrogen) atoms. The molecule has 0 aliphatic carbocycles. The quantitative estimate of drug-likeness (QED) is 0.940. The van der Waals surface area contributed by atoms with Crippen molar-refractivity contribution in [1.29, 1.82) is 0 Å². The van der Waals surface area contributed by atoms with Gasteiger partial charge < -0.3 is 4.90 Å². The molecule has 0 radical (unpaired) electrons. The van der Waals surface area contributed by atoms with Crippen molar-refractivity contribution in [3.05, 3.63) is 53.3 Å². The van der Waals surface area contributed by atoms with Crippen LogP contribution in [0.25, 0.3) is 0 Å². The predicted molar refractivity (Wildman–Crippen MR) is 91.9 cm³/mol. The topological polar surface area (TPSA) is 52.2 Å². The molecule has 126 valence electrons. The van der Waals surface area contributed by atoms with Crippen LogP contribution in [0.5, 0.6) is 0 Å². The molecule has 0 bridgehead atoms. The van der Waals surface area contributed by atoms with Crippen molar-refractivity contribution in [2.75, 3.05) is 13.1 Å². The molecule has 1 N–H and O–H groups in total. The number of likely N-dealkylation sites (tertiary alicyclic amines) is 1. The molecule has 1 aromatic heterocycles. The fourth-order valence-corrected chi connectivity index (χ4v) is 3.81. The number of piperidine rings is 1. The summed E-state index contributed by atoms with van der Waals surface area (Å²) in [6.07, 6.45) is 4.78. The highest BCUT2D eigenvalue weighted by Crippen LogP contribution is 2.26. The lowest BCUT2D eigenvalue weighted by molar-refractivity contribution is -0.133. The second-order valence-corrected chi connectivity index (χ2v) is 7.03. The molecule has 1 aromatic carbocycles. The Morgan fingerprint density at radius 1 is 1.17 bits per heavy atom. The summed E-state index contributed by atoms with van der Waals surface area (Å²) in [5.41, 5.74) is 3.64. The van der Waals surface area contributed by atoms with E-state index in [1.54, 1.807) is 0 Å². The van der Waals surface area contributed by atoms with E-state index in [9.17, 15) is 4.79 Å². The summed E-state index contributed by atoms with van der Waals surface area (Å²) in [6, 6.07) is 10.6. The van der Waals surface area contributed by atoms with Gasteiger partial charge in [0, 0.05) is 25.1 Å². The lowest BCUT2D eigenvalue weighted by Crippen LogP contribution is -2.35. The molecule has 2 aliphatic rings. The second-order valence-electron chi connectivity index (χ2n) is 7.03. The van der Waals surface area contributed by atoms with Crippen LogP contribution in [0.2, 0.25) is 0 Å². The van der Waals surface area contributed by atoms with Gasteiger partial charge in [-0.05, 0) is 37.4 Å². The van der Waals surface area contributed by atoms with Crippen LogP contribution in [0.3, 0.4) is 0 Å². The minimum atomic E-state index is 0.293. The molecular formula is C19H24N4O. The molecule has 0 unspecified atom stereocenters. The number of H-pyrrole nitrogens is 1. The van der Waals surface area contributed by atoms with Gasteiger partial charge in [-0.25, -0.2) is 0 Å². The van der Waals surface area contributed by atoms with Gasteiger partial charge in [0.1, 0.15) is 0 Å². The zero-order valence-electron chi connectivity index (χ0n) is 13.9. The number of rotatable bonds is 4. The van der Waals surface area contributed by atoms with E-state index in [4.69, 9.17) is 0 Å². The van der Waals surface area contributed by atoms with Gasteiger partial charge in [0.25, 0.3) is 0 Å². The molecule has 2 aliphatic heterocycles. The first kappa shape index (κ1) is 15.4. The van der Waals surface area contributed by atoms with Crippen LogP contribution in [-0.2, 0) is 24.4 Å². The van der Waals surface area contributed by atoms with Crippen LogP contribution in [0.15, 0.2) is 36.5 Å². The molecule has 3 heterocycles. The van der Waals surface area contributed by atoms with Crippen LogP contribution in [0, 0.1) is 5.92 Å².